The topological polar surface area (TPSA) is 15.3 Å². The van der Waals surface area contributed by atoms with Crippen molar-refractivity contribution < 1.29 is 13.2 Å². The fourth-order valence-electron chi connectivity index (χ4n) is 3.06. The van der Waals surface area contributed by atoms with Crippen LogP contribution in [0.1, 0.15) is 32.3 Å². The van der Waals surface area contributed by atoms with Crippen molar-refractivity contribution in [3.63, 3.8) is 0 Å². The van der Waals surface area contributed by atoms with Gasteiger partial charge >= 0.3 is 5.51 Å². The highest BCUT2D eigenvalue weighted by Crippen LogP contribution is 2.39. The van der Waals surface area contributed by atoms with Crippen molar-refractivity contribution in [1.29, 1.82) is 0 Å². The van der Waals surface area contributed by atoms with Crippen LogP contribution in [0.2, 0.25) is 0 Å². The fourth-order valence-corrected chi connectivity index (χ4v) is 3.72. The quantitative estimate of drug-likeness (QED) is 0.763. The minimum Gasteiger partial charge on any atom is -0.317 e. The lowest BCUT2D eigenvalue weighted by Crippen LogP contribution is -2.44. The molecule has 6 heteroatoms. The van der Waals surface area contributed by atoms with Gasteiger partial charge in [0, 0.05) is 24.0 Å². The van der Waals surface area contributed by atoms with E-state index >= 15 is 0 Å². The van der Waals surface area contributed by atoms with Gasteiger partial charge in [-0.1, -0.05) is 32.0 Å². The lowest BCUT2D eigenvalue weighted by Gasteiger charge is -2.36. The third kappa shape index (κ3) is 6.36. The van der Waals surface area contributed by atoms with E-state index in [1.165, 1.54) is 0 Å². The number of hydrogen-bond donors (Lipinski definition) is 1. The predicted octanol–water partition coefficient (Wildman–Crippen LogP) is 4.51. The van der Waals surface area contributed by atoms with Crippen LogP contribution >= 0.6 is 11.8 Å². The molecule has 2 rings (SSSR count). The highest BCUT2D eigenvalue weighted by Gasteiger charge is 2.31. The molecule has 1 fully saturated rings. The van der Waals surface area contributed by atoms with Crippen molar-refractivity contribution in [3.05, 3.63) is 29.8 Å². The first kappa shape index (κ1) is 18.6. The molecule has 2 nitrogen and oxygen atoms in total. The maximum atomic E-state index is 12.8. The second-order valence-corrected chi connectivity index (χ2v) is 7.57. The van der Waals surface area contributed by atoms with Crippen molar-refractivity contribution >= 4 is 11.8 Å². The van der Waals surface area contributed by atoms with Crippen LogP contribution < -0.4 is 5.32 Å². The number of rotatable bonds is 6. The number of piperidine rings is 1. The van der Waals surface area contributed by atoms with E-state index in [4.69, 9.17) is 0 Å². The van der Waals surface area contributed by atoms with E-state index in [2.05, 4.69) is 24.1 Å². The Morgan fingerprint density at radius 2 is 1.87 bits per heavy atom. The molecule has 1 aliphatic rings. The van der Waals surface area contributed by atoms with Crippen molar-refractivity contribution in [2.24, 2.45) is 5.92 Å². The Bertz CT molecular complexity index is 485. The standard InChI is InChI=1S/C17H25F3N2S/c1-13(2)11-22(15-7-9-21-10-8-15)12-14-5-3-4-6-16(14)23-17(18,19)20/h3-6,13,15,21H,7-12H2,1-2H3. The summed E-state index contributed by atoms with van der Waals surface area (Å²) in [6.45, 7) is 7.78. The maximum absolute atomic E-state index is 12.8. The Balaban J connectivity index is 2.15. The number of halogens is 3. The lowest BCUT2D eigenvalue weighted by molar-refractivity contribution is -0.0328. The monoisotopic (exact) mass is 346 g/mol. The van der Waals surface area contributed by atoms with Gasteiger partial charge in [0.2, 0.25) is 0 Å². The minimum absolute atomic E-state index is 0.00412. The smallest absolute Gasteiger partial charge is 0.317 e. The summed E-state index contributed by atoms with van der Waals surface area (Å²) in [6.07, 6.45) is 2.11. The van der Waals surface area contributed by atoms with Gasteiger partial charge in [0.25, 0.3) is 0 Å². The van der Waals surface area contributed by atoms with Crippen LogP contribution in [0.5, 0.6) is 0 Å². The summed E-state index contributed by atoms with van der Waals surface area (Å²) in [7, 11) is 0. The van der Waals surface area contributed by atoms with Crippen molar-refractivity contribution in [1.82, 2.24) is 10.2 Å². The molecule has 0 saturated carbocycles. The largest absolute Gasteiger partial charge is 0.446 e. The molecule has 0 radical (unpaired) electrons. The molecule has 0 bridgehead atoms. The molecule has 0 spiro atoms. The van der Waals surface area contributed by atoms with Crippen molar-refractivity contribution in [2.45, 2.75) is 49.7 Å². The van der Waals surface area contributed by atoms with Crippen molar-refractivity contribution in [3.8, 4) is 0 Å². The molecule has 1 heterocycles. The Kier molecular flexibility index (Phi) is 6.80. The molecule has 1 N–H and O–H groups in total. The summed E-state index contributed by atoms with van der Waals surface area (Å²) in [5.41, 5.74) is -3.47. The van der Waals surface area contributed by atoms with E-state index in [1.807, 2.05) is 12.1 Å². The Labute approximate surface area is 140 Å². The van der Waals surface area contributed by atoms with Crippen LogP contribution in [-0.2, 0) is 6.54 Å². The minimum atomic E-state index is -4.24. The molecular formula is C17H25F3N2S. The summed E-state index contributed by atoms with van der Waals surface area (Å²) >= 11 is -0.00412. The summed E-state index contributed by atoms with van der Waals surface area (Å²) in [4.78, 5) is 2.68. The molecule has 1 aliphatic heterocycles. The summed E-state index contributed by atoms with van der Waals surface area (Å²) < 4.78 is 38.3. The molecule has 0 unspecified atom stereocenters. The van der Waals surface area contributed by atoms with E-state index in [9.17, 15) is 13.2 Å². The normalized spacial score (nSPS) is 17.2. The van der Waals surface area contributed by atoms with Gasteiger partial charge in [-0.05, 0) is 55.2 Å². The van der Waals surface area contributed by atoms with Gasteiger partial charge in [0.05, 0.1) is 0 Å². The molecule has 1 saturated heterocycles. The fraction of sp³-hybridized carbons (Fsp3) is 0.647. The summed E-state index contributed by atoms with van der Waals surface area (Å²) in [5, 5.41) is 3.35. The molecule has 130 valence electrons. The van der Waals surface area contributed by atoms with Crippen LogP contribution in [0, 0.1) is 5.92 Å². The zero-order valence-corrected chi connectivity index (χ0v) is 14.5. The van der Waals surface area contributed by atoms with Gasteiger partial charge in [0.15, 0.2) is 0 Å². The van der Waals surface area contributed by atoms with Gasteiger partial charge in [0.1, 0.15) is 0 Å². The third-order valence-corrected chi connectivity index (χ3v) is 4.85. The zero-order chi connectivity index (χ0) is 16.9. The average molecular weight is 346 g/mol. The zero-order valence-electron chi connectivity index (χ0n) is 13.7. The summed E-state index contributed by atoms with van der Waals surface area (Å²) in [5.74, 6) is 0.493. The van der Waals surface area contributed by atoms with Gasteiger partial charge in [-0.25, -0.2) is 0 Å². The summed E-state index contributed by atoms with van der Waals surface area (Å²) in [6, 6.07) is 7.34. The molecule has 1 aromatic carbocycles. The average Bonchev–Trinajstić information content (AvgIpc) is 2.47. The molecular weight excluding hydrogens is 321 g/mol. The molecule has 0 aromatic heterocycles. The van der Waals surface area contributed by atoms with Gasteiger partial charge in [-0.3, -0.25) is 4.90 Å². The van der Waals surface area contributed by atoms with Crippen LogP contribution in [0.15, 0.2) is 29.2 Å². The highest BCUT2D eigenvalue weighted by molar-refractivity contribution is 8.00. The highest BCUT2D eigenvalue weighted by atomic mass is 32.2. The molecule has 23 heavy (non-hydrogen) atoms. The third-order valence-electron chi connectivity index (χ3n) is 4.00. The second-order valence-electron chi connectivity index (χ2n) is 6.46. The van der Waals surface area contributed by atoms with E-state index in [0.717, 1.165) is 38.0 Å². The Morgan fingerprint density at radius 3 is 2.48 bits per heavy atom. The molecule has 0 amide bonds. The van der Waals surface area contributed by atoms with Crippen LogP contribution in [0.3, 0.4) is 0 Å². The SMILES string of the molecule is CC(C)CN(Cc1ccccc1SC(F)(F)F)C1CCNCC1. The maximum Gasteiger partial charge on any atom is 0.446 e. The first-order chi connectivity index (χ1) is 10.8. The van der Waals surface area contributed by atoms with E-state index in [-0.39, 0.29) is 11.8 Å². The molecule has 0 atom stereocenters. The molecule has 0 aliphatic carbocycles. The number of alkyl halides is 3. The van der Waals surface area contributed by atoms with Crippen LogP contribution in [0.4, 0.5) is 13.2 Å². The lowest BCUT2D eigenvalue weighted by atomic mass is 10.0. The Morgan fingerprint density at radius 1 is 1.22 bits per heavy atom. The Hall–Kier alpha value is -0.720. The van der Waals surface area contributed by atoms with E-state index < -0.39 is 5.51 Å². The van der Waals surface area contributed by atoms with Crippen molar-refractivity contribution in [2.75, 3.05) is 19.6 Å². The van der Waals surface area contributed by atoms with Gasteiger partial charge < -0.3 is 5.32 Å². The van der Waals surface area contributed by atoms with Crippen LogP contribution in [0.25, 0.3) is 0 Å². The number of nitrogens with zero attached hydrogens (tertiary/aromatic N) is 1. The van der Waals surface area contributed by atoms with Gasteiger partial charge in [-0.15, -0.1) is 0 Å². The number of benzene rings is 1. The first-order valence-corrected chi connectivity index (χ1v) is 8.95. The van der Waals surface area contributed by atoms with Crippen LogP contribution in [-0.4, -0.2) is 36.1 Å². The number of hydrogen-bond acceptors (Lipinski definition) is 3. The van der Waals surface area contributed by atoms with Gasteiger partial charge in [-0.2, -0.15) is 13.2 Å². The molecule has 1 aromatic rings. The first-order valence-electron chi connectivity index (χ1n) is 8.13. The van der Waals surface area contributed by atoms with E-state index in [1.54, 1.807) is 12.1 Å². The predicted molar refractivity (Wildman–Crippen MR) is 89.5 cm³/mol. The number of nitrogens with one attached hydrogen (secondary N) is 1. The number of thioether (sulfide) groups is 1. The second kappa shape index (κ2) is 8.40. The van der Waals surface area contributed by atoms with E-state index in [0.29, 0.717) is 23.4 Å².